The van der Waals surface area contributed by atoms with Crippen molar-refractivity contribution in [1.29, 1.82) is 5.26 Å². The van der Waals surface area contributed by atoms with Crippen LogP contribution in [0.25, 0.3) is 0 Å². The number of ketones is 1. The van der Waals surface area contributed by atoms with Gasteiger partial charge in [0.15, 0.2) is 13.2 Å². The Bertz CT molecular complexity index is 856. The van der Waals surface area contributed by atoms with Crippen LogP contribution in [0.3, 0.4) is 0 Å². The second kappa shape index (κ2) is 10.4. The molecule has 1 heterocycles. The van der Waals surface area contributed by atoms with E-state index in [1.807, 2.05) is 18.7 Å². The van der Waals surface area contributed by atoms with Crippen molar-refractivity contribution in [1.82, 2.24) is 4.90 Å². The summed E-state index contributed by atoms with van der Waals surface area (Å²) in [7, 11) is 0. The van der Waals surface area contributed by atoms with Gasteiger partial charge in [0, 0.05) is 17.8 Å². The van der Waals surface area contributed by atoms with E-state index in [9.17, 15) is 14.4 Å². The number of rotatable bonds is 7. The first-order valence-electron chi connectivity index (χ1n) is 9.85. The zero-order valence-corrected chi connectivity index (χ0v) is 17.5. The highest BCUT2D eigenvalue weighted by Gasteiger charge is 2.29. The number of Topliss-reactive ketones (excluding diaryl/α,β-unsaturated/α-hetero) is 1. The standard InChI is InChI=1S/C22H27N3O5/c1-14-5-4-6-15(2)25(14)21(27)13-29-18-9-7-17(8-10-18)22(28)30-12-20(26)19(11-23)16(3)24/h7-10,14-15H,4-6,12-13,24H2,1-3H3/b19-16+/t14-,15+. The predicted octanol–water partition coefficient (Wildman–Crippen LogP) is 2.34. The van der Waals surface area contributed by atoms with Crippen LogP contribution in [0.5, 0.6) is 5.75 Å². The molecular formula is C22H27N3O5. The maximum Gasteiger partial charge on any atom is 0.338 e. The van der Waals surface area contributed by atoms with Crippen molar-refractivity contribution in [3.8, 4) is 11.8 Å². The molecular weight excluding hydrogens is 386 g/mol. The number of carbonyl (C=O) groups is 3. The molecule has 0 bridgehead atoms. The number of nitrogens with zero attached hydrogens (tertiary/aromatic N) is 2. The number of esters is 1. The van der Waals surface area contributed by atoms with Crippen molar-refractivity contribution in [3.63, 3.8) is 0 Å². The molecule has 0 aliphatic carbocycles. The van der Waals surface area contributed by atoms with Crippen molar-refractivity contribution in [2.45, 2.75) is 52.1 Å². The number of ether oxygens (including phenoxy) is 2. The van der Waals surface area contributed by atoms with Gasteiger partial charge in [0.2, 0.25) is 5.78 Å². The van der Waals surface area contributed by atoms with Crippen LogP contribution in [0.1, 0.15) is 50.4 Å². The molecule has 1 aliphatic rings. The van der Waals surface area contributed by atoms with E-state index < -0.39 is 18.4 Å². The molecule has 1 fully saturated rings. The summed E-state index contributed by atoms with van der Waals surface area (Å²) in [5.41, 5.74) is 5.51. The maximum atomic E-state index is 12.5. The maximum absolute atomic E-state index is 12.5. The van der Waals surface area contributed by atoms with Crippen LogP contribution in [0.4, 0.5) is 0 Å². The van der Waals surface area contributed by atoms with Crippen molar-refractivity contribution in [2.24, 2.45) is 5.73 Å². The minimum Gasteiger partial charge on any atom is -0.484 e. The number of likely N-dealkylation sites (tertiary alicyclic amines) is 1. The van der Waals surface area contributed by atoms with E-state index in [0.717, 1.165) is 19.3 Å². The van der Waals surface area contributed by atoms with Gasteiger partial charge < -0.3 is 20.1 Å². The monoisotopic (exact) mass is 413 g/mol. The zero-order valence-electron chi connectivity index (χ0n) is 17.5. The lowest BCUT2D eigenvalue weighted by Gasteiger charge is -2.38. The van der Waals surface area contributed by atoms with Gasteiger partial charge in [-0.25, -0.2) is 4.79 Å². The van der Waals surface area contributed by atoms with Gasteiger partial charge in [-0.2, -0.15) is 5.26 Å². The lowest BCUT2D eigenvalue weighted by atomic mass is 9.97. The fraction of sp³-hybridized carbons (Fsp3) is 0.455. The highest BCUT2D eigenvalue weighted by molar-refractivity contribution is 6.02. The van der Waals surface area contributed by atoms with Gasteiger partial charge in [-0.05, 0) is 64.3 Å². The fourth-order valence-corrected chi connectivity index (χ4v) is 3.48. The first-order chi connectivity index (χ1) is 14.2. The summed E-state index contributed by atoms with van der Waals surface area (Å²) < 4.78 is 10.5. The second-order valence-corrected chi connectivity index (χ2v) is 7.41. The molecule has 8 nitrogen and oxygen atoms in total. The molecule has 2 N–H and O–H groups in total. The number of nitrogens with two attached hydrogens (primary N) is 1. The molecule has 0 aromatic heterocycles. The predicted molar refractivity (Wildman–Crippen MR) is 109 cm³/mol. The summed E-state index contributed by atoms with van der Waals surface area (Å²) >= 11 is 0. The van der Waals surface area contributed by atoms with E-state index in [-0.39, 0.29) is 41.4 Å². The molecule has 30 heavy (non-hydrogen) atoms. The summed E-state index contributed by atoms with van der Waals surface area (Å²) in [6.45, 7) is 4.87. The van der Waals surface area contributed by atoms with Gasteiger partial charge in [0.05, 0.1) is 5.56 Å². The molecule has 1 aromatic rings. The topological polar surface area (TPSA) is 123 Å². The largest absolute Gasteiger partial charge is 0.484 e. The first-order valence-corrected chi connectivity index (χ1v) is 9.85. The molecule has 8 heteroatoms. The Morgan fingerprint density at radius 1 is 1.13 bits per heavy atom. The van der Waals surface area contributed by atoms with Gasteiger partial charge in [0.1, 0.15) is 17.4 Å². The van der Waals surface area contributed by atoms with Crippen LogP contribution in [-0.2, 0) is 14.3 Å². The van der Waals surface area contributed by atoms with Gasteiger partial charge in [-0.15, -0.1) is 0 Å². The molecule has 1 saturated heterocycles. The fourth-order valence-electron chi connectivity index (χ4n) is 3.48. The van der Waals surface area contributed by atoms with Crippen molar-refractivity contribution in [3.05, 3.63) is 41.1 Å². The third kappa shape index (κ3) is 5.83. The molecule has 2 atom stereocenters. The Kier molecular flexibility index (Phi) is 7.98. The summed E-state index contributed by atoms with van der Waals surface area (Å²) in [5, 5.41) is 8.89. The van der Waals surface area contributed by atoms with Crippen LogP contribution in [0.15, 0.2) is 35.5 Å². The normalized spacial score (nSPS) is 19.3. The first kappa shape index (κ1) is 22.9. The van der Waals surface area contributed by atoms with E-state index in [2.05, 4.69) is 0 Å². The highest BCUT2D eigenvalue weighted by atomic mass is 16.5. The zero-order chi connectivity index (χ0) is 22.3. The average Bonchev–Trinajstić information content (AvgIpc) is 2.71. The minimum atomic E-state index is -0.714. The number of nitriles is 1. The van der Waals surface area contributed by atoms with E-state index in [1.165, 1.54) is 19.1 Å². The lowest BCUT2D eigenvalue weighted by molar-refractivity contribution is -0.139. The van der Waals surface area contributed by atoms with E-state index in [0.29, 0.717) is 5.75 Å². The van der Waals surface area contributed by atoms with Crippen LogP contribution in [0.2, 0.25) is 0 Å². The SMILES string of the molecule is C/C(N)=C(/C#N)C(=O)COC(=O)c1ccc(OCC(=O)N2[C@H](C)CCC[C@@H]2C)cc1. The van der Waals surface area contributed by atoms with Crippen LogP contribution >= 0.6 is 0 Å². The van der Waals surface area contributed by atoms with Crippen molar-refractivity contribution >= 4 is 17.7 Å². The van der Waals surface area contributed by atoms with Crippen LogP contribution in [-0.4, -0.2) is 47.9 Å². The quantitative estimate of drug-likeness (QED) is 0.413. The van der Waals surface area contributed by atoms with E-state index >= 15 is 0 Å². The minimum absolute atomic E-state index is 0.0618. The Morgan fingerprint density at radius 2 is 1.73 bits per heavy atom. The summed E-state index contributed by atoms with van der Waals surface area (Å²) in [6.07, 6.45) is 3.11. The number of amides is 1. The van der Waals surface area contributed by atoms with Gasteiger partial charge in [-0.3, -0.25) is 9.59 Å². The Morgan fingerprint density at radius 3 is 2.27 bits per heavy atom. The molecule has 0 saturated carbocycles. The number of allylic oxidation sites excluding steroid dienone is 1. The van der Waals surface area contributed by atoms with Gasteiger partial charge >= 0.3 is 5.97 Å². The molecule has 1 aliphatic heterocycles. The Labute approximate surface area is 176 Å². The number of hydrogen-bond donors (Lipinski definition) is 1. The number of hydrogen-bond acceptors (Lipinski definition) is 7. The summed E-state index contributed by atoms with van der Waals surface area (Å²) in [5.74, 6) is -0.991. The molecule has 160 valence electrons. The summed E-state index contributed by atoms with van der Waals surface area (Å²) in [4.78, 5) is 38.3. The van der Waals surface area contributed by atoms with Crippen molar-refractivity contribution in [2.75, 3.05) is 13.2 Å². The molecule has 1 amide bonds. The number of benzene rings is 1. The van der Waals surface area contributed by atoms with Crippen LogP contribution < -0.4 is 10.5 Å². The second-order valence-electron chi connectivity index (χ2n) is 7.41. The number of carbonyl (C=O) groups excluding carboxylic acids is 3. The lowest BCUT2D eigenvalue weighted by Crippen LogP contribution is -2.49. The van der Waals surface area contributed by atoms with Gasteiger partial charge in [-0.1, -0.05) is 0 Å². The smallest absolute Gasteiger partial charge is 0.338 e. The highest BCUT2D eigenvalue weighted by Crippen LogP contribution is 2.23. The molecule has 0 spiro atoms. The van der Waals surface area contributed by atoms with E-state index in [4.69, 9.17) is 20.5 Å². The number of piperidine rings is 1. The van der Waals surface area contributed by atoms with Crippen LogP contribution in [0, 0.1) is 11.3 Å². The average molecular weight is 413 g/mol. The third-order valence-electron chi connectivity index (χ3n) is 5.05. The van der Waals surface area contributed by atoms with Gasteiger partial charge in [0.25, 0.3) is 5.91 Å². The Balaban J connectivity index is 1.88. The molecule has 2 rings (SSSR count). The molecule has 1 aromatic carbocycles. The molecule has 0 unspecified atom stereocenters. The Hall–Kier alpha value is -3.34. The molecule has 0 radical (unpaired) electrons. The summed E-state index contributed by atoms with van der Waals surface area (Å²) in [6, 6.07) is 8.16. The third-order valence-corrected chi connectivity index (χ3v) is 5.05. The van der Waals surface area contributed by atoms with Crippen molar-refractivity contribution < 1.29 is 23.9 Å². The van der Waals surface area contributed by atoms with E-state index in [1.54, 1.807) is 18.2 Å².